The number of carbonyl (C=O) groups excluding carboxylic acids is 1. The second kappa shape index (κ2) is 6.20. The highest BCUT2D eigenvalue weighted by Gasteiger charge is 2.07. The van der Waals surface area contributed by atoms with Gasteiger partial charge in [0.05, 0.1) is 17.4 Å². The summed E-state index contributed by atoms with van der Waals surface area (Å²) in [4.78, 5) is 11.5. The third kappa shape index (κ3) is 4.44. The first-order valence-corrected chi connectivity index (χ1v) is 7.26. The molecule has 0 aliphatic carbocycles. The van der Waals surface area contributed by atoms with Crippen molar-refractivity contribution >= 4 is 28.0 Å². The number of hydrazone groups is 1. The number of rotatable bonds is 4. The van der Waals surface area contributed by atoms with E-state index < -0.39 is 16.1 Å². The average Bonchev–Trinajstić information content (AvgIpc) is 2.91. The van der Waals surface area contributed by atoms with Gasteiger partial charge < -0.3 is 9.73 Å². The molecule has 0 aliphatic rings. The van der Waals surface area contributed by atoms with Crippen molar-refractivity contribution in [3.05, 3.63) is 48.4 Å². The lowest BCUT2D eigenvalue weighted by Gasteiger charge is -2.04. The molecule has 1 heterocycles. The van der Waals surface area contributed by atoms with E-state index in [1.165, 1.54) is 36.7 Å². The minimum atomic E-state index is -3.75. The van der Waals surface area contributed by atoms with Crippen LogP contribution in [0.25, 0.3) is 0 Å². The highest BCUT2D eigenvalue weighted by atomic mass is 32.2. The number of hydrogen-bond donors (Lipinski definition) is 3. The summed E-state index contributed by atoms with van der Waals surface area (Å²) in [5.41, 5.74) is 2.63. The van der Waals surface area contributed by atoms with Crippen molar-refractivity contribution in [3.63, 3.8) is 0 Å². The van der Waals surface area contributed by atoms with E-state index in [1.54, 1.807) is 12.1 Å². The minimum absolute atomic E-state index is 0.0377. The van der Waals surface area contributed by atoms with Crippen LogP contribution in [0.3, 0.4) is 0 Å². The van der Waals surface area contributed by atoms with Crippen LogP contribution in [0.1, 0.15) is 5.76 Å². The van der Waals surface area contributed by atoms with E-state index in [1.807, 2.05) is 0 Å². The van der Waals surface area contributed by atoms with Crippen LogP contribution in [0, 0.1) is 0 Å². The highest BCUT2D eigenvalue weighted by Crippen LogP contribution is 2.12. The number of nitrogens with zero attached hydrogens (tertiary/aromatic N) is 1. The second-order valence-corrected chi connectivity index (χ2v) is 5.47. The standard InChI is InChI=1S/C12H12N4O4S/c13-21(18,19)11-5-3-9(4-6-11)15-12(17)16-14-8-10-2-1-7-20-10/h1-8H,(H2,13,18,19)(H2,15,16,17). The number of nitrogens with one attached hydrogen (secondary N) is 2. The first-order chi connectivity index (χ1) is 9.95. The Morgan fingerprint density at radius 1 is 1.24 bits per heavy atom. The Morgan fingerprint density at radius 2 is 1.95 bits per heavy atom. The molecular formula is C12H12N4O4S. The van der Waals surface area contributed by atoms with Gasteiger partial charge in [-0.25, -0.2) is 23.8 Å². The first kappa shape index (κ1) is 14.8. The number of anilines is 1. The summed E-state index contributed by atoms with van der Waals surface area (Å²) in [7, 11) is -3.75. The maximum absolute atomic E-state index is 11.5. The average molecular weight is 308 g/mol. The van der Waals surface area contributed by atoms with Gasteiger partial charge in [-0.3, -0.25) is 0 Å². The van der Waals surface area contributed by atoms with Gasteiger partial charge in [-0.1, -0.05) is 0 Å². The Labute approximate surface area is 120 Å². The molecule has 9 heteroatoms. The molecule has 4 N–H and O–H groups in total. The molecule has 2 rings (SSSR count). The third-order valence-corrected chi connectivity index (χ3v) is 3.27. The van der Waals surface area contributed by atoms with Gasteiger partial charge >= 0.3 is 6.03 Å². The molecule has 2 aromatic rings. The fourth-order valence-corrected chi connectivity index (χ4v) is 1.92. The van der Waals surface area contributed by atoms with E-state index in [2.05, 4.69) is 15.8 Å². The van der Waals surface area contributed by atoms with Gasteiger partial charge in [0.15, 0.2) is 0 Å². The monoisotopic (exact) mass is 308 g/mol. The van der Waals surface area contributed by atoms with Gasteiger partial charge in [0.25, 0.3) is 0 Å². The van der Waals surface area contributed by atoms with Gasteiger partial charge in [-0.15, -0.1) is 0 Å². The van der Waals surface area contributed by atoms with Crippen LogP contribution in [0.15, 0.2) is 57.1 Å². The molecular weight excluding hydrogens is 296 g/mol. The fourth-order valence-electron chi connectivity index (χ4n) is 1.41. The maximum atomic E-state index is 11.5. The molecule has 0 atom stereocenters. The van der Waals surface area contributed by atoms with E-state index in [0.717, 1.165) is 0 Å². The van der Waals surface area contributed by atoms with Gasteiger partial charge in [0, 0.05) is 5.69 Å². The van der Waals surface area contributed by atoms with E-state index in [9.17, 15) is 13.2 Å². The summed E-state index contributed by atoms with van der Waals surface area (Å²) < 4.78 is 27.1. The van der Waals surface area contributed by atoms with Crippen molar-refractivity contribution in [1.29, 1.82) is 0 Å². The van der Waals surface area contributed by atoms with E-state index in [-0.39, 0.29) is 4.90 Å². The number of hydrogen-bond acceptors (Lipinski definition) is 5. The first-order valence-electron chi connectivity index (χ1n) is 5.71. The Morgan fingerprint density at radius 3 is 2.52 bits per heavy atom. The Kier molecular flexibility index (Phi) is 4.36. The summed E-state index contributed by atoms with van der Waals surface area (Å²) in [6.07, 6.45) is 2.82. The van der Waals surface area contributed by atoms with Crippen molar-refractivity contribution in [2.24, 2.45) is 10.2 Å². The quantitative estimate of drug-likeness (QED) is 0.577. The van der Waals surface area contributed by atoms with Crippen molar-refractivity contribution in [2.45, 2.75) is 4.90 Å². The van der Waals surface area contributed by atoms with E-state index in [0.29, 0.717) is 11.4 Å². The number of amides is 2. The van der Waals surface area contributed by atoms with Gasteiger partial charge in [0.2, 0.25) is 10.0 Å². The second-order valence-electron chi connectivity index (χ2n) is 3.91. The summed E-state index contributed by atoms with van der Waals surface area (Å²) in [5.74, 6) is 0.493. The lowest BCUT2D eigenvalue weighted by Crippen LogP contribution is -2.24. The molecule has 0 unspecified atom stereocenters. The Bertz CT molecular complexity index is 736. The zero-order chi connectivity index (χ0) is 15.3. The van der Waals surface area contributed by atoms with Crippen LogP contribution in [-0.2, 0) is 10.0 Å². The van der Waals surface area contributed by atoms with Crippen molar-refractivity contribution < 1.29 is 17.6 Å². The van der Waals surface area contributed by atoms with Crippen LogP contribution >= 0.6 is 0 Å². The van der Waals surface area contributed by atoms with Crippen molar-refractivity contribution in [1.82, 2.24) is 5.43 Å². The molecule has 8 nitrogen and oxygen atoms in total. The smallest absolute Gasteiger partial charge is 0.339 e. The highest BCUT2D eigenvalue weighted by molar-refractivity contribution is 7.89. The van der Waals surface area contributed by atoms with Crippen LogP contribution in [0.2, 0.25) is 0 Å². The third-order valence-electron chi connectivity index (χ3n) is 2.34. The minimum Gasteiger partial charge on any atom is -0.463 e. The Hall–Kier alpha value is -2.65. The predicted molar refractivity (Wildman–Crippen MR) is 76.3 cm³/mol. The Balaban J connectivity index is 1.91. The predicted octanol–water partition coefficient (Wildman–Crippen LogP) is 1.08. The number of primary sulfonamides is 1. The van der Waals surface area contributed by atoms with Crippen molar-refractivity contribution in [3.8, 4) is 0 Å². The number of benzene rings is 1. The molecule has 1 aromatic carbocycles. The SMILES string of the molecule is NS(=O)(=O)c1ccc(NC(=O)NN=Cc2ccco2)cc1. The molecule has 0 spiro atoms. The summed E-state index contributed by atoms with van der Waals surface area (Å²) in [6, 6.07) is 8.18. The molecule has 2 amide bonds. The zero-order valence-electron chi connectivity index (χ0n) is 10.7. The molecule has 0 saturated carbocycles. The van der Waals surface area contributed by atoms with Crippen LogP contribution in [0.4, 0.5) is 10.5 Å². The molecule has 0 saturated heterocycles. The van der Waals surface area contributed by atoms with Crippen molar-refractivity contribution in [2.75, 3.05) is 5.32 Å². The fraction of sp³-hybridized carbons (Fsp3) is 0. The summed E-state index contributed by atoms with van der Waals surface area (Å²) >= 11 is 0. The number of carbonyl (C=O) groups is 1. The topological polar surface area (TPSA) is 127 Å². The summed E-state index contributed by atoms with van der Waals surface area (Å²) in [5, 5.41) is 11.1. The number of furan rings is 1. The molecule has 0 bridgehead atoms. The van der Waals surface area contributed by atoms with E-state index in [4.69, 9.17) is 9.56 Å². The van der Waals surface area contributed by atoms with Gasteiger partial charge in [-0.05, 0) is 36.4 Å². The van der Waals surface area contributed by atoms with E-state index >= 15 is 0 Å². The number of urea groups is 1. The van der Waals surface area contributed by atoms with Gasteiger partial charge in [-0.2, -0.15) is 5.10 Å². The molecule has 110 valence electrons. The van der Waals surface area contributed by atoms with Gasteiger partial charge in [0.1, 0.15) is 5.76 Å². The molecule has 21 heavy (non-hydrogen) atoms. The lowest BCUT2D eigenvalue weighted by atomic mass is 10.3. The normalized spacial score (nSPS) is 11.5. The molecule has 0 radical (unpaired) electrons. The van der Waals surface area contributed by atoms with Crippen LogP contribution in [0.5, 0.6) is 0 Å². The molecule has 0 aliphatic heterocycles. The maximum Gasteiger partial charge on any atom is 0.339 e. The lowest BCUT2D eigenvalue weighted by molar-refractivity contribution is 0.252. The number of sulfonamides is 1. The van der Waals surface area contributed by atoms with Crippen LogP contribution < -0.4 is 15.9 Å². The molecule has 0 fully saturated rings. The van der Waals surface area contributed by atoms with Crippen LogP contribution in [-0.4, -0.2) is 20.7 Å². The number of nitrogens with two attached hydrogens (primary N) is 1. The largest absolute Gasteiger partial charge is 0.463 e. The zero-order valence-corrected chi connectivity index (χ0v) is 11.5. The molecule has 1 aromatic heterocycles. The summed E-state index contributed by atoms with van der Waals surface area (Å²) in [6.45, 7) is 0.